The number of halogens is 4. The highest BCUT2D eigenvalue weighted by Crippen LogP contribution is 2.30. The van der Waals surface area contributed by atoms with Gasteiger partial charge in [0.2, 0.25) is 5.91 Å². The minimum atomic E-state index is -4.50. The Hall–Kier alpha value is -2.57. The lowest BCUT2D eigenvalue weighted by Crippen LogP contribution is -2.45. The number of hydrogen-bond donors (Lipinski definition) is 4. The van der Waals surface area contributed by atoms with E-state index in [0.29, 0.717) is 51.6 Å². The number of aliphatic carboxylic acids is 1. The number of ether oxygens (including phenoxy) is 1. The zero-order valence-corrected chi connectivity index (χ0v) is 20.7. The molecule has 1 aliphatic heterocycles. The lowest BCUT2D eigenvalue weighted by atomic mass is 9.81. The molecule has 1 atom stereocenters. The molecule has 9 nitrogen and oxygen atoms in total. The molecule has 13 heteroatoms. The summed E-state index contributed by atoms with van der Waals surface area (Å²) in [6, 6.07) is 2.87. The van der Waals surface area contributed by atoms with Crippen molar-refractivity contribution < 1.29 is 37.4 Å². The number of morpholine rings is 1. The summed E-state index contributed by atoms with van der Waals surface area (Å²) in [6.07, 6.45) is -1.78. The lowest BCUT2D eigenvalue weighted by Gasteiger charge is -2.28. The number of urea groups is 1. The summed E-state index contributed by atoms with van der Waals surface area (Å²) in [5, 5.41) is 11.8. The van der Waals surface area contributed by atoms with Gasteiger partial charge in [-0.15, -0.1) is 12.4 Å². The van der Waals surface area contributed by atoms with E-state index in [-0.39, 0.29) is 42.2 Å². The second-order valence-electron chi connectivity index (χ2n) is 8.69. The average molecular weight is 539 g/mol. The summed E-state index contributed by atoms with van der Waals surface area (Å²) < 4.78 is 43.3. The van der Waals surface area contributed by atoms with Crippen LogP contribution in [0.3, 0.4) is 0 Å². The molecule has 1 aromatic carbocycles. The number of nitrogens with one attached hydrogen (secondary N) is 1. The van der Waals surface area contributed by atoms with E-state index in [1.807, 2.05) is 0 Å². The van der Waals surface area contributed by atoms with Crippen LogP contribution in [0.1, 0.15) is 36.8 Å². The van der Waals surface area contributed by atoms with Gasteiger partial charge in [-0.25, -0.2) is 9.59 Å². The Morgan fingerprint density at radius 3 is 2.22 bits per heavy atom. The molecule has 3 amide bonds. The standard InChI is InChI=1S/C18H23F3N2O3.C5H10N2O2.ClH/c19-18(20,21)14-3-1-2-12(8-14)9-15(17(25)26)23-16(24)13-6-4-11(10-22)5-7-13;6-5(8)7-1-3-9-4-2-7;/h1-3,8,11,13,15H,4-7,9-10,22H2,(H,23,24)(H,25,26);1-4H2,(H2,6,8);1H. The highest BCUT2D eigenvalue weighted by molar-refractivity contribution is 5.85. The van der Waals surface area contributed by atoms with Crippen LogP contribution in [0.4, 0.5) is 18.0 Å². The van der Waals surface area contributed by atoms with E-state index < -0.39 is 23.8 Å². The molecule has 2 aliphatic rings. The Kier molecular flexibility index (Phi) is 13.0. The molecule has 2 fully saturated rings. The molecular weight excluding hydrogens is 505 g/mol. The first-order valence-corrected chi connectivity index (χ1v) is 11.5. The van der Waals surface area contributed by atoms with Crippen molar-refractivity contribution >= 4 is 30.3 Å². The molecular formula is C23H34ClF3N4O5. The molecule has 0 radical (unpaired) electrons. The third-order valence-electron chi connectivity index (χ3n) is 6.18. The van der Waals surface area contributed by atoms with E-state index in [1.165, 1.54) is 12.1 Å². The third kappa shape index (κ3) is 10.2. The van der Waals surface area contributed by atoms with Gasteiger partial charge in [0, 0.05) is 25.4 Å². The van der Waals surface area contributed by atoms with Gasteiger partial charge in [0.1, 0.15) is 6.04 Å². The SMILES string of the molecule is Cl.NC(=O)N1CCOCC1.NCC1CCC(C(=O)NC(Cc2cccc(C(F)(F)F)c2)C(=O)O)CC1. The fourth-order valence-corrected chi connectivity index (χ4v) is 4.04. The average Bonchev–Trinajstić information content (AvgIpc) is 2.84. The zero-order valence-electron chi connectivity index (χ0n) is 19.8. The molecule has 1 aromatic rings. The van der Waals surface area contributed by atoms with Crippen molar-refractivity contribution in [1.82, 2.24) is 10.2 Å². The number of hydrogen-bond acceptors (Lipinski definition) is 5. The Bertz CT molecular complexity index is 860. The van der Waals surface area contributed by atoms with Gasteiger partial charge in [-0.05, 0) is 49.8 Å². The summed E-state index contributed by atoms with van der Waals surface area (Å²) in [5.74, 6) is -1.52. The van der Waals surface area contributed by atoms with E-state index in [1.54, 1.807) is 4.90 Å². The van der Waals surface area contributed by atoms with E-state index in [9.17, 15) is 32.7 Å². The van der Waals surface area contributed by atoms with Crippen molar-refractivity contribution in [1.29, 1.82) is 0 Å². The van der Waals surface area contributed by atoms with Gasteiger partial charge in [-0.3, -0.25) is 4.79 Å². The molecule has 1 saturated heterocycles. The predicted molar refractivity (Wildman–Crippen MR) is 128 cm³/mol. The molecule has 3 rings (SSSR count). The van der Waals surface area contributed by atoms with Crippen molar-refractivity contribution in [3.63, 3.8) is 0 Å². The third-order valence-corrected chi connectivity index (χ3v) is 6.18. The van der Waals surface area contributed by atoms with E-state index in [4.69, 9.17) is 16.2 Å². The van der Waals surface area contributed by atoms with Crippen LogP contribution in [-0.2, 0) is 26.9 Å². The van der Waals surface area contributed by atoms with Gasteiger partial charge < -0.3 is 31.5 Å². The van der Waals surface area contributed by atoms with Crippen LogP contribution in [0.5, 0.6) is 0 Å². The molecule has 6 N–H and O–H groups in total. The number of alkyl halides is 3. The van der Waals surface area contributed by atoms with Crippen molar-refractivity contribution in [2.45, 2.75) is 44.3 Å². The van der Waals surface area contributed by atoms with Crippen molar-refractivity contribution in [2.75, 3.05) is 32.8 Å². The van der Waals surface area contributed by atoms with E-state index in [0.717, 1.165) is 25.0 Å². The number of nitrogens with zero attached hydrogens (tertiary/aromatic N) is 1. The van der Waals surface area contributed by atoms with Crippen molar-refractivity contribution in [2.24, 2.45) is 23.3 Å². The summed E-state index contributed by atoms with van der Waals surface area (Å²) in [5.41, 5.74) is 9.98. The van der Waals surface area contributed by atoms with Crippen LogP contribution in [0.2, 0.25) is 0 Å². The fourth-order valence-electron chi connectivity index (χ4n) is 4.04. The largest absolute Gasteiger partial charge is 0.480 e. The maximum atomic E-state index is 12.8. The Morgan fingerprint density at radius 2 is 1.75 bits per heavy atom. The highest BCUT2D eigenvalue weighted by Gasteiger charge is 2.32. The monoisotopic (exact) mass is 538 g/mol. The highest BCUT2D eigenvalue weighted by atomic mass is 35.5. The number of carbonyl (C=O) groups excluding carboxylic acids is 2. The van der Waals surface area contributed by atoms with Gasteiger partial charge in [-0.1, -0.05) is 18.2 Å². The van der Waals surface area contributed by atoms with E-state index >= 15 is 0 Å². The molecule has 1 saturated carbocycles. The van der Waals surface area contributed by atoms with Crippen LogP contribution in [0.25, 0.3) is 0 Å². The molecule has 0 bridgehead atoms. The predicted octanol–water partition coefficient (Wildman–Crippen LogP) is 2.40. The Morgan fingerprint density at radius 1 is 1.14 bits per heavy atom. The molecule has 36 heavy (non-hydrogen) atoms. The first-order chi connectivity index (χ1) is 16.5. The topological polar surface area (TPSA) is 148 Å². The molecule has 1 heterocycles. The fraction of sp³-hybridized carbons (Fsp3) is 0.609. The van der Waals surface area contributed by atoms with E-state index in [2.05, 4.69) is 5.32 Å². The first-order valence-electron chi connectivity index (χ1n) is 11.5. The summed E-state index contributed by atoms with van der Waals surface area (Å²) >= 11 is 0. The Labute approximate surface area is 214 Å². The van der Waals surface area contributed by atoms with Crippen LogP contribution in [0, 0.1) is 11.8 Å². The molecule has 204 valence electrons. The minimum absolute atomic E-state index is 0. The quantitative estimate of drug-likeness (QED) is 0.437. The smallest absolute Gasteiger partial charge is 0.416 e. The zero-order chi connectivity index (χ0) is 26.0. The molecule has 1 unspecified atom stereocenters. The number of carboxylic acid groups (broad SMARTS) is 1. The van der Waals surface area contributed by atoms with Gasteiger partial charge in [0.05, 0.1) is 18.8 Å². The summed E-state index contributed by atoms with van der Waals surface area (Å²) in [7, 11) is 0. The van der Waals surface area contributed by atoms with Crippen molar-refractivity contribution in [3.05, 3.63) is 35.4 Å². The van der Waals surface area contributed by atoms with Crippen LogP contribution in [0.15, 0.2) is 24.3 Å². The maximum absolute atomic E-state index is 12.8. The lowest BCUT2D eigenvalue weighted by molar-refractivity contribution is -0.142. The number of nitrogens with two attached hydrogens (primary N) is 2. The molecule has 0 spiro atoms. The summed E-state index contributed by atoms with van der Waals surface area (Å²) in [6.45, 7) is 3.07. The molecule has 1 aliphatic carbocycles. The normalized spacial score (nSPS) is 20.7. The number of benzene rings is 1. The number of carboxylic acids is 1. The van der Waals surface area contributed by atoms with Gasteiger partial charge in [0.25, 0.3) is 0 Å². The number of carbonyl (C=O) groups is 3. The number of rotatable bonds is 6. The maximum Gasteiger partial charge on any atom is 0.416 e. The van der Waals surface area contributed by atoms with Crippen LogP contribution >= 0.6 is 12.4 Å². The second kappa shape index (κ2) is 14.9. The molecule has 0 aromatic heterocycles. The second-order valence-corrected chi connectivity index (χ2v) is 8.69. The van der Waals surface area contributed by atoms with Crippen LogP contribution < -0.4 is 16.8 Å². The number of amides is 3. The number of primary amides is 1. The van der Waals surface area contributed by atoms with Gasteiger partial charge >= 0.3 is 18.2 Å². The van der Waals surface area contributed by atoms with Crippen LogP contribution in [-0.4, -0.2) is 66.8 Å². The Balaban J connectivity index is 0.000000546. The minimum Gasteiger partial charge on any atom is -0.480 e. The van der Waals surface area contributed by atoms with Gasteiger partial charge in [-0.2, -0.15) is 13.2 Å². The van der Waals surface area contributed by atoms with Crippen molar-refractivity contribution in [3.8, 4) is 0 Å². The van der Waals surface area contributed by atoms with Gasteiger partial charge in [0.15, 0.2) is 0 Å². The summed E-state index contributed by atoms with van der Waals surface area (Å²) in [4.78, 5) is 35.8. The first kappa shape index (κ1) is 31.5.